The molecule has 1 N–H and O–H groups in total. The van der Waals surface area contributed by atoms with Gasteiger partial charge in [0.2, 0.25) is 0 Å². The van der Waals surface area contributed by atoms with Gasteiger partial charge in [-0.1, -0.05) is 36.7 Å². The standard InChI is InChI=1S/C26H28N2O4Si/c1-4-26(31)20-11-22-23-18(12-28(22)24(29)19(20)13-32-25(26)30)16(9-10-33-14-15(2)3)17-7-5-6-8-21(17)27-23/h5-8,11,14,31H,4,9-10,12-13,33H2,1-3H3/t26-/m0/s1. The molecule has 1 atom stereocenters. The number of aryl methyl sites for hydroxylation is 1. The smallest absolute Gasteiger partial charge is 0.343 e. The highest BCUT2D eigenvalue weighted by molar-refractivity contribution is 6.42. The number of rotatable bonds is 5. The first-order valence-corrected chi connectivity index (χ1v) is 13.4. The van der Waals surface area contributed by atoms with Crippen molar-refractivity contribution in [3.63, 3.8) is 0 Å². The van der Waals surface area contributed by atoms with Gasteiger partial charge in [-0.15, -0.1) is 5.70 Å². The number of hydrogen-bond acceptors (Lipinski definition) is 5. The maximum absolute atomic E-state index is 13.5. The summed E-state index contributed by atoms with van der Waals surface area (Å²) in [7, 11) is -0.310. The van der Waals surface area contributed by atoms with Gasteiger partial charge in [-0.25, -0.2) is 9.78 Å². The summed E-state index contributed by atoms with van der Waals surface area (Å²) in [5.41, 5.74) is 7.14. The van der Waals surface area contributed by atoms with Crippen molar-refractivity contribution in [1.82, 2.24) is 9.55 Å². The van der Waals surface area contributed by atoms with Crippen LogP contribution >= 0.6 is 0 Å². The Morgan fingerprint density at radius 3 is 2.82 bits per heavy atom. The Bertz CT molecular complexity index is 1390. The number of allylic oxidation sites excluding steroid dienone is 1. The average molecular weight is 461 g/mol. The lowest BCUT2D eigenvalue weighted by Gasteiger charge is -2.31. The highest BCUT2D eigenvalue weighted by Crippen LogP contribution is 2.40. The molecular weight excluding hydrogens is 432 g/mol. The third-order valence-electron chi connectivity index (χ3n) is 6.90. The van der Waals surface area contributed by atoms with Gasteiger partial charge in [-0.3, -0.25) is 4.79 Å². The molecule has 33 heavy (non-hydrogen) atoms. The molecule has 0 fully saturated rings. The zero-order valence-electron chi connectivity index (χ0n) is 19.3. The summed E-state index contributed by atoms with van der Waals surface area (Å²) in [5, 5.41) is 12.2. The number of aromatic nitrogens is 2. The van der Waals surface area contributed by atoms with Crippen molar-refractivity contribution in [1.29, 1.82) is 0 Å². The second kappa shape index (κ2) is 8.08. The zero-order chi connectivity index (χ0) is 23.3. The predicted molar refractivity (Wildman–Crippen MR) is 131 cm³/mol. The fourth-order valence-corrected chi connectivity index (χ4v) is 6.41. The van der Waals surface area contributed by atoms with Crippen LogP contribution in [0.4, 0.5) is 0 Å². The SMILES string of the molecule is CC[C@@]1(O)C(=O)OCc2c1cc1n(c2=O)Cc2c-1nc1ccccc1c2CC[SiH2]C=C(C)C. The van der Waals surface area contributed by atoms with Gasteiger partial charge >= 0.3 is 5.97 Å². The van der Waals surface area contributed by atoms with E-state index in [9.17, 15) is 14.7 Å². The number of pyridine rings is 2. The van der Waals surface area contributed by atoms with Gasteiger partial charge in [0.05, 0.1) is 29.0 Å². The van der Waals surface area contributed by atoms with Crippen LogP contribution in [0.1, 0.15) is 49.4 Å². The van der Waals surface area contributed by atoms with E-state index < -0.39 is 11.6 Å². The summed E-state index contributed by atoms with van der Waals surface area (Å²) < 4.78 is 6.91. The van der Waals surface area contributed by atoms with Crippen molar-refractivity contribution in [3.8, 4) is 11.4 Å². The van der Waals surface area contributed by atoms with E-state index in [1.807, 2.05) is 18.2 Å². The number of aliphatic hydroxyl groups is 1. The summed E-state index contributed by atoms with van der Waals surface area (Å²) in [5.74, 6) is -0.698. The molecule has 4 heterocycles. The maximum atomic E-state index is 13.5. The van der Waals surface area contributed by atoms with Gasteiger partial charge in [0.1, 0.15) is 6.61 Å². The lowest BCUT2D eigenvalue weighted by Crippen LogP contribution is -2.44. The topological polar surface area (TPSA) is 81.4 Å². The van der Waals surface area contributed by atoms with Crippen molar-refractivity contribution < 1.29 is 14.6 Å². The Hall–Kier alpha value is -3.03. The minimum absolute atomic E-state index is 0.109. The molecule has 170 valence electrons. The molecule has 0 saturated carbocycles. The van der Waals surface area contributed by atoms with Crippen LogP contribution < -0.4 is 5.56 Å². The molecular formula is C26H28N2O4Si. The molecule has 2 aromatic heterocycles. The first kappa shape index (κ1) is 21.8. The van der Waals surface area contributed by atoms with Gasteiger partial charge in [0.15, 0.2) is 5.60 Å². The number of cyclic esters (lactones) is 1. The molecule has 5 rings (SSSR count). The Labute approximate surface area is 194 Å². The quantitative estimate of drug-likeness (QED) is 0.281. The van der Waals surface area contributed by atoms with Crippen LogP contribution in [0.2, 0.25) is 6.04 Å². The molecule has 0 radical (unpaired) electrons. The largest absolute Gasteiger partial charge is 0.458 e. The number of hydrogen-bond donors (Lipinski definition) is 1. The van der Waals surface area contributed by atoms with Crippen molar-refractivity contribution >= 4 is 26.4 Å². The number of ether oxygens (including phenoxy) is 1. The minimum Gasteiger partial charge on any atom is -0.458 e. The molecule has 0 aliphatic carbocycles. The fourth-order valence-electron chi connectivity index (χ4n) is 5.07. The van der Waals surface area contributed by atoms with Gasteiger partial charge in [-0.2, -0.15) is 0 Å². The molecule has 0 unspecified atom stereocenters. The fraction of sp³-hybridized carbons (Fsp3) is 0.346. The Kier molecular flexibility index (Phi) is 5.33. The summed E-state index contributed by atoms with van der Waals surface area (Å²) >= 11 is 0. The van der Waals surface area contributed by atoms with E-state index in [-0.39, 0.29) is 28.1 Å². The van der Waals surface area contributed by atoms with Crippen LogP contribution in [0.3, 0.4) is 0 Å². The normalized spacial score (nSPS) is 18.8. The van der Waals surface area contributed by atoms with E-state index in [1.54, 1.807) is 17.6 Å². The lowest BCUT2D eigenvalue weighted by molar-refractivity contribution is -0.172. The summed E-state index contributed by atoms with van der Waals surface area (Å²) in [6.45, 7) is 6.34. The predicted octanol–water partition coefficient (Wildman–Crippen LogP) is 3.13. The molecule has 0 amide bonds. The van der Waals surface area contributed by atoms with E-state index >= 15 is 0 Å². The van der Waals surface area contributed by atoms with Crippen molar-refractivity contribution in [2.24, 2.45) is 0 Å². The molecule has 0 bridgehead atoms. The summed E-state index contributed by atoms with van der Waals surface area (Å²) in [6.07, 6.45) is 1.09. The number of para-hydroxylation sites is 1. The van der Waals surface area contributed by atoms with Gasteiger partial charge in [0.25, 0.3) is 5.56 Å². The van der Waals surface area contributed by atoms with Crippen LogP contribution in [0.25, 0.3) is 22.3 Å². The van der Waals surface area contributed by atoms with Crippen LogP contribution in [0.15, 0.2) is 46.4 Å². The van der Waals surface area contributed by atoms with E-state index in [0.29, 0.717) is 23.4 Å². The van der Waals surface area contributed by atoms with E-state index in [1.165, 1.54) is 11.1 Å². The summed E-state index contributed by atoms with van der Waals surface area (Å²) in [4.78, 5) is 30.8. The third-order valence-corrected chi connectivity index (χ3v) is 8.76. The molecule has 3 aromatic rings. The first-order valence-electron chi connectivity index (χ1n) is 11.6. The highest BCUT2D eigenvalue weighted by atomic mass is 28.2. The van der Waals surface area contributed by atoms with Crippen LogP contribution in [0.5, 0.6) is 0 Å². The van der Waals surface area contributed by atoms with Gasteiger partial charge in [-0.05, 0) is 44.4 Å². The zero-order valence-corrected chi connectivity index (χ0v) is 20.7. The number of esters is 1. The van der Waals surface area contributed by atoms with Crippen LogP contribution in [-0.4, -0.2) is 30.1 Å². The molecule has 7 heteroatoms. The van der Waals surface area contributed by atoms with Crippen LogP contribution in [0, 0.1) is 0 Å². The number of carbonyl (C=O) groups is 1. The number of benzene rings is 1. The molecule has 1 aromatic carbocycles. The second-order valence-electron chi connectivity index (χ2n) is 9.21. The third kappa shape index (κ3) is 3.38. The second-order valence-corrected chi connectivity index (χ2v) is 10.9. The van der Waals surface area contributed by atoms with E-state index in [4.69, 9.17) is 9.72 Å². The molecule has 0 spiro atoms. The van der Waals surface area contributed by atoms with Crippen LogP contribution in [-0.2, 0) is 34.7 Å². The van der Waals surface area contributed by atoms with Crippen molar-refractivity contribution in [3.05, 3.63) is 74.2 Å². The van der Waals surface area contributed by atoms with Gasteiger partial charge < -0.3 is 14.4 Å². The average Bonchev–Trinajstić information content (AvgIpc) is 3.17. The first-order chi connectivity index (χ1) is 15.8. The number of nitrogens with zero attached hydrogens (tertiary/aromatic N) is 2. The van der Waals surface area contributed by atoms with E-state index in [2.05, 4.69) is 25.6 Å². The van der Waals surface area contributed by atoms with Crippen molar-refractivity contribution in [2.45, 2.75) is 58.4 Å². The van der Waals surface area contributed by atoms with Crippen molar-refractivity contribution in [2.75, 3.05) is 0 Å². The minimum atomic E-state index is -1.80. The molecule has 2 aliphatic rings. The maximum Gasteiger partial charge on any atom is 0.343 e. The number of carbonyl (C=O) groups excluding carboxylic acids is 1. The lowest BCUT2D eigenvalue weighted by atomic mass is 9.86. The molecule has 2 aliphatic heterocycles. The summed E-state index contributed by atoms with van der Waals surface area (Å²) in [6, 6.07) is 11.1. The Balaban J connectivity index is 1.69. The van der Waals surface area contributed by atoms with Gasteiger partial charge in [0, 0.05) is 26.0 Å². The monoisotopic (exact) mass is 460 g/mol. The molecule has 0 saturated heterocycles. The van der Waals surface area contributed by atoms with E-state index in [0.717, 1.165) is 34.6 Å². The number of fused-ring (bicyclic) bond motifs is 5. The molecule has 6 nitrogen and oxygen atoms in total. The Morgan fingerprint density at radius 1 is 1.27 bits per heavy atom. The highest BCUT2D eigenvalue weighted by Gasteiger charge is 2.45. The Morgan fingerprint density at radius 2 is 2.06 bits per heavy atom.